The van der Waals surface area contributed by atoms with Crippen molar-refractivity contribution in [3.63, 3.8) is 0 Å². The molecular weight excluding hydrogens is 298 g/mol. The first-order valence-corrected chi connectivity index (χ1v) is 8.58. The van der Waals surface area contributed by atoms with E-state index >= 15 is 0 Å². The van der Waals surface area contributed by atoms with Crippen molar-refractivity contribution in [3.8, 4) is 0 Å². The summed E-state index contributed by atoms with van der Waals surface area (Å²) in [6.45, 7) is 1.07. The normalized spacial score (nSPS) is 11.8. The lowest BCUT2D eigenvalue weighted by Gasteiger charge is -2.05. The van der Waals surface area contributed by atoms with Crippen molar-refractivity contribution < 1.29 is 13.5 Å². The van der Waals surface area contributed by atoms with Crippen LogP contribution in [0.15, 0.2) is 34.8 Å². The third-order valence-corrected chi connectivity index (χ3v) is 5.77. The summed E-state index contributed by atoms with van der Waals surface area (Å²) >= 11 is 1.19. The van der Waals surface area contributed by atoms with Crippen molar-refractivity contribution >= 4 is 21.4 Å². The van der Waals surface area contributed by atoms with Crippen molar-refractivity contribution in [1.29, 1.82) is 0 Å². The van der Waals surface area contributed by atoms with E-state index in [-0.39, 0.29) is 6.61 Å². The summed E-state index contributed by atoms with van der Waals surface area (Å²) in [5.74, 6) is 0. The predicted molar refractivity (Wildman–Crippen MR) is 77.1 cm³/mol. The van der Waals surface area contributed by atoms with Gasteiger partial charge in [-0.2, -0.15) is 5.10 Å². The average Bonchev–Trinajstić information content (AvgIpc) is 3.06. The van der Waals surface area contributed by atoms with Crippen LogP contribution in [-0.4, -0.2) is 36.5 Å². The summed E-state index contributed by atoms with van der Waals surface area (Å²) in [7, 11) is -3.44. The fourth-order valence-electron chi connectivity index (χ4n) is 1.70. The number of hydrogen-bond acceptors (Lipinski definition) is 5. The van der Waals surface area contributed by atoms with Crippen LogP contribution < -0.4 is 4.72 Å². The van der Waals surface area contributed by atoms with Gasteiger partial charge >= 0.3 is 0 Å². The van der Waals surface area contributed by atoms with Gasteiger partial charge in [0.05, 0.1) is 0 Å². The average molecular weight is 315 g/mol. The van der Waals surface area contributed by atoms with E-state index in [1.807, 2.05) is 12.3 Å². The number of rotatable bonds is 8. The van der Waals surface area contributed by atoms with Gasteiger partial charge < -0.3 is 5.11 Å². The molecule has 110 valence electrons. The molecule has 8 heteroatoms. The molecule has 2 aromatic rings. The second kappa shape index (κ2) is 6.98. The molecule has 0 radical (unpaired) electrons. The molecular formula is C12H17N3O3S2. The van der Waals surface area contributed by atoms with Crippen molar-refractivity contribution in [3.05, 3.63) is 35.5 Å². The van der Waals surface area contributed by atoms with Gasteiger partial charge in [0.1, 0.15) is 4.21 Å². The van der Waals surface area contributed by atoms with E-state index in [1.165, 1.54) is 11.3 Å². The molecule has 2 N–H and O–H groups in total. The highest BCUT2D eigenvalue weighted by Crippen LogP contribution is 2.21. The minimum absolute atomic E-state index is 0.0251. The molecule has 0 atom stereocenters. The zero-order valence-corrected chi connectivity index (χ0v) is 12.5. The Morgan fingerprint density at radius 2 is 2.25 bits per heavy atom. The summed E-state index contributed by atoms with van der Waals surface area (Å²) in [5.41, 5.74) is 0. The lowest BCUT2D eigenvalue weighted by molar-refractivity contribution is 0.300. The summed E-state index contributed by atoms with van der Waals surface area (Å²) < 4.78 is 28.7. The Labute approximate surface area is 122 Å². The molecule has 0 aromatic carbocycles. The number of aliphatic hydroxyl groups is 1. The fourth-order valence-corrected chi connectivity index (χ4v) is 4.16. The number of aryl methyl sites for hydroxylation is 1. The Bertz CT molecular complexity index is 620. The zero-order valence-electron chi connectivity index (χ0n) is 10.9. The van der Waals surface area contributed by atoms with E-state index in [0.29, 0.717) is 30.1 Å². The third kappa shape index (κ3) is 4.14. The number of thiophene rings is 1. The van der Waals surface area contributed by atoms with Gasteiger partial charge in [0, 0.05) is 43.4 Å². The second-order valence-electron chi connectivity index (χ2n) is 4.21. The Hall–Kier alpha value is -1.22. The highest BCUT2D eigenvalue weighted by Gasteiger charge is 2.15. The number of hydrogen-bond donors (Lipinski definition) is 2. The molecule has 6 nitrogen and oxygen atoms in total. The highest BCUT2D eigenvalue weighted by molar-refractivity contribution is 7.91. The molecule has 2 heterocycles. The maximum absolute atomic E-state index is 12.0. The predicted octanol–water partition coefficient (Wildman–Crippen LogP) is 0.848. The van der Waals surface area contributed by atoms with Gasteiger partial charge in [-0.3, -0.25) is 4.68 Å². The first-order chi connectivity index (χ1) is 9.62. The van der Waals surface area contributed by atoms with Crippen LogP contribution in [0.5, 0.6) is 0 Å². The summed E-state index contributed by atoms with van der Waals surface area (Å²) in [5, 5.41) is 12.9. The molecule has 0 aliphatic carbocycles. The van der Waals surface area contributed by atoms with Crippen LogP contribution in [0, 0.1) is 0 Å². The van der Waals surface area contributed by atoms with Crippen molar-refractivity contribution in [1.82, 2.24) is 14.5 Å². The molecule has 0 aliphatic rings. The Morgan fingerprint density at radius 3 is 2.95 bits per heavy atom. The first-order valence-electron chi connectivity index (χ1n) is 6.28. The minimum Gasteiger partial charge on any atom is -0.396 e. The molecule has 2 rings (SSSR count). The van der Waals surface area contributed by atoms with Crippen LogP contribution in [0.1, 0.15) is 11.3 Å². The molecule has 20 heavy (non-hydrogen) atoms. The van der Waals surface area contributed by atoms with E-state index in [1.54, 1.807) is 23.0 Å². The van der Waals surface area contributed by atoms with Crippen LogP contribution in [0.3, 0.4) is 0 Å². The number of aliphatic hydroxyl groups excluding tert-OH is 1. The largest absolute Gasteiger partial charge is 0.396 e. The monoisotopic (exact) mass is 315 g/mol. The number of nitrogens with zero attached hydrogens (tertiary/aromatic N) is 2. The van der Waals surface area contributed by atoms with Gasteiger partial charge in [0.15, 0.2) is 0 Å². The van der Waals surface area contributed by atoms with Crippen molar-refractivity contribution in [2.45, 2.75) is 23.6 Å². The van der Waals surface area contributed by atoms with Crippen molar-refractivity contribution in [2.24, 2.45) is 0 Å². The first kappa shape index (κ1) is 15.2. The zero-order chi connectivity index (χ0) is 14.4. The molecule has 0 aliphatic heterocycles. The SMILES string of the molecule is O=S(=O)(NCCCn1cccn1)c1ccc(CCO)s1. The Morgan fingerprint density at radius 1 is 1.40 bits per heavy atom. The van der Waals surface area contributed by atoms with E-state index in [0.717, 1.165) is 4.88 Å². The minimum atomic E-state index is -3.44. The Balaban J connectivity index is 1.83. The van der Waals surface area contributed by atoms with E-state index in [9.17, 15) is 8.42 Å². The lowest BCUT2D eigenvalue weighted by Crippen LogP contribution is -2.24. The molecule has 0 spiro atoms. The maximum Gasteiger partial charge on any atom is 0.250 e. The number of nitrogens with one attached hydrogen (secondary N) is 1. The highest BCUT2D eigenvalue weighted by atomic mass is 32.2. The van der Waals surface area contributed by atoms with Crippen LogP contribution in [0.4, 0.5) is 0 Å². The number of sulfonamides is 1. The smallest absolute Gasteiger partial charge is 0.250 e. The van der Waals surface area contributed by atoms with Gasteiger partial charge in [-0.15, -0.1) is 11.3 Å². The quantitative estimate of drug-likeness (QED) is 0.707. The van der Waals surface area contributed by atoms with E-state index in [2.05, 4.69) is 9.82 Å². The standard InChI is InChI=1S/C12H17N3O3S2/c16-10-5-11-3-4-12(19-11)20(17,18)14-7-2-9-15-8-1-6-13-15/h1,3-4,6,8,14,16H,2,5,7,9-10H2. The fraction of sp³-hybridized carbons (Fsp3) is 0.417. The molecule has 0 fully saturated rings. The Kier molecular flexibility index (Phi) is 5.30. The number of aromatic nitrogens is 2. The van der Waals surface area contributed by atoms with Crippen LogP contribution in [0.25, 0.3) is 0 Å². The van der Waals surface area contributed by atoms with E-state index in [4.69, 9.17) is 5.11 Å². The summed E-state index contributed by atoms with van der Waals surface area (Å²) in [4.78, 5) is 0.865. The van der Waals surface area contributed by atoms with Gasteiger partial charge in [-0.05, 0) is 24.6 Å². The van der Waals surface area contributed by atoms with Crippen LogP contribution >= 0.6 is 11.3 Å². The lowest BCUT2D eigenvalue weighted by atomic mass is 10.4. The summed E-state index contributed by atoms with van der Waals surface area (Å²) in [6.07, 6.45) is 4.70. The summed E-state index contributed by atoms with van der Waals surface area (Å²) in [6, 6.07) is 5.14. The van der Waals surface area contributed by atoms with Gasteiger partial charge in [0.2, 0.25) is 10.0 Å². The topological polar surface area (TPSA) is 84.2 Å². The van der Waals surface area contributed by atoms with Crippen LogP contribution in [0.2, 0.25) is 0 Å². The second-order valence-corrected chi connectivity index (χ2v) is 7.38. The molecule has 0 bridgehead atoms. The van der Waals surface area contributed by atoms with E-state index < -0.39 is 10.0 Å². The maximum atomic E-state index is 12.0. The molecule has 0 saturated heterocycles. The van der Waals surface area contributed by atoms with Gasteiger partial charge in [-0.25, -0.2) is 13.1 Å². The van der Waals surface area contributed by atoms with Gasteiger partial charge in [0.25, 0.3) is 0 Å². The van der Waals surface area contributed by atoms with Crippen molar-refractivity contribution in [2.75, 3.05) is 13.2 Å². The van der Waals surface area contributed by atoms with Crippen LogP contribution in [-0.2, 0) is 23.0 Å². The van der Waals surface area contributed by atoms with Gasteiger partial charge in [-0.1, -0.05) is 0 Å². The molecule has 0 unspecified atom stereocenters. The molecule has 0 saturated carbocycles. The molecule has 2 aromatic heterocycles. The molecule has 0 amide bonds. The third-order valence-electron chi connectivity index (χ3n) is 2.68.